The zero-order valence-electron chi connectivity index (χ0n) is 24.7. The van der Waals surface area contributed by atoms with Crippen molar-refractivity contribution in [2.75, 3.05) is 16.0 Å². The SMILES string of the molecule is CCCc1cnc(N)c(CN=C(NC(=O)c2ccc(Cl)cc2)Nc2ccc(N(C(=O)c3ccccc3)c3ccccc3)cc2)n1. The number of guanidine groups is 1. The highest BCUT2D eigenvalue weighted by Gasteiger charge is 2.20. The summed E-state index contributed by atoms with van der Waals surface area (Å²) in [4.78, 5) is 41.8. The highest BCUT2D eigenvalue weighted by Crippen LogP contribution is 2.28. The van der Waals surface area contributed by atoms with E-state index in [9.17, 15) is 9.59 Å². The second-order valence-corrected chi connectivity index (χ2v) is 10.5. The lowest BCUT2D eigenvalue weighted by Gasteiger charge is -2.23. The Hall–Kier alpha value is -5.54. The van der Waals surface area contributed by atoms with Crippen molar-refractivity contribution in [1.82, 2.24) is 15.3 Å². The minimum absolute atomic E-state index is 0.0884. The molecule has 0 radical (unpaired) electrons. The maximum atomic E-state index is 13.6. The fourth-order valence-corrected chi connectivity index (χ4v) is 4.64. The summed E-state index contributed by atoms with van der Waals surface area (Å²) in [6, 6.07) is 32.4. The van der Waals surface area contributed by atoms with Gasteiger partial charge in [-0.3, -0.25) is 24.8 Å². The molecule has 5 rings (SSSR count). The number of carbonyl (C=O) groups is 2. The van der Waals surface area contributed by atoms with Crippen molar-refractivity contribution >= 4 is 52.3 Å². The van der Waals surface area contributed by atoms with Crippen LogP contribution in [0.2, 0.25) is 5.02 Å². The van der Waals surface area contributed by atoms with Crippen LogP contribution in [0.25, 0.3) is 0 Å². The van der Waals surface area contributed by atoms with Crippen molar-refractivity contribution in [2.24, 2.45) is 4.99 Å². The number of nitrogens with zero attached hydrogens (tertiary/aromatic N) is 4. The van der Waals surface area contributed by atoms with Gasteiger partial charge >= 0.3 is 0 Å². The highest BCUT2D eigenvalue weighted by molar-refractivity contribution is 6.30. The van der Waals surface area contributed by atoms with E-state index in [-0.39, 0.29) is 30.1 Å². The lowest BCUT2D eigenvalue weighted by molar-refractivity contribution is 0.0974. The van der Waals surface area contributed by atoms with E-state index in [2.05, 4.69) is 32.5 Å². The molecule has 0 fully saturated rings. The summed E-state index contributed by atoms with van der Waals surface area (Å²) >= 11 is 6.01. The van der Waals surface area contributed by atoms with E-state index in [1.165, 1.54) is 0 Å². The predicted octanol–water partition coefficient (Wildman–Crippen LogP) is 7.04. The number of aryl methyl sites for hydroxylation is 1. The predicted molar refractivity (Wildman–Crippen MR) is 180 cm³/mol. The Morgan fingerprint density at radius 2 is 1.49 bits per heavy atom. The van der Waals surface area contributed by atoms with Crippen LogP contribution in [0.1, 0.15) is 45.4 Å². The molecular weight excluding hydrogens is 586 g/mol. The maximum Gasteiger partial charge on any atom is 0.262 e. The van der Waals surface area contributed by atoms with E-state index in [4.69, 9.17) is 17.3 Å². The third-order valence-corrected chi connectivity index (χ3v) is 7.04. The molecule has 0 saturated heterocycles. The minimum Gasteiger partial charge on any atom is -0.382 e. The molecule has 0 aliphatic rings. The molecule has 10 heteroatoms. The summed E-state index contributed by atoms with van der Waals surface area (Å²) in [5.41, 5.74) is 10.4. The van der Waals surface area contributed by atoms with Gasteiger partial charge < -0.3 is 11.1 Å². The topological polar surface area (TPSA) is 126 Å². The van der Waals surface area contributed by atoms with Gasteiger partial charge in [0.2, 0.25) is 5.96 Å². The normalized spacial score (nSPS) is 11.1. The lowest BCUT2D eigenvalue weighted by Crippen LogP contribution is -2.36. The molecule has 0 unspecified atom stereocenters. The third kappa shape index (κ3) is 8.10. The van der Waals surface area contributed by atoms with Crippen LogP contribution >= 0.6 is 11.6 Å². The van der Waals surface area contributed by atoms with Gasteiger partial charge in [-0.05, 0) is 79.2 Å². The summed E-state index contributed by atoms with van der Waals surface area (Å²) in [5.74, 6) is -0.0819. The Labute approximate surface area is 266 Å². The highest BCUT2D eigenvalue weighted by atomic mass is 35.5. The van der Waals surface area contributed by atoms with E-state index in [0.717, 1.165) is 24.2 Å². The molecule has 0 spiro atoms. The van der Waals surface area contributed by atoms with E-state index in [1.807, 2.05) is 72.8 Å². The fraction of sp³-hybridized carbons (Fsp3) is 0.114. The number of rotatable bonds is 9. The van der Waals surface area contributed by atoms with Gasteiger partial charge in [0.1, 0.15) is 11.5 Å². The second kappa shape index (κ2) is 14.8. The first-order chi connectivity index (χ1) is 21.9. The van der Waals surface area contributed by atoms with Crippen LogP contribution in [-0.2, 0) is 13.0 Å². The molecule has 9 nitrogen and oxygen atoms in total. The first-order valence-electron chi connectivity index (χ1n) is 14.4. The molecule has 0 bridgehead atoms. The van der Waals surface area contributed by atoms with Crippen molar-refractivity contribution in [3.63, 3.8) is 0 Å². The minimum atomic E-state index is -0.378. The number of nitrogens with two attached hydrogens (primary N) is 1. The van der Waals surface area contributed by atoms with Crippen LogP contribution in [0.15, 0.2) is 120 Å². The summed E-state index contributed by atoms with van der Waals surface area (Å²) in [5, 5.41) is 6.55. The number of aromatic nitrogens is 2. The van der Waals surface area contributed by atoms with Crippen molar-refractivity contribution in [3.8, 4) is 0 Å². The summed E-state index contributed by atoms with van der Waals surface area (Å²) in [7, 11) is 0. The van der Waals surface area contributed by atoms with Crippen LogP contribution < -0.4 is 21.3 Å². The third-order valence-electron chi connectivity index (χ3n) is 6.78. The zero-order chi connectivity index (χ0) is 31.6. The number of aliphatic imine (C=N–C) groups is 1. The molecule has 1 heterocycles. The molecule has 2 amide bonds. The molecule has 0 aliphatic heterocycles. The summed E-state index contributed by atoms with van der Waals surface area (Å²) in [6.45, 7) is 2.15. The first-order valence-corrected chi connectivity index (χ1v) is 14.8. The average molecular weight is 618 g/mol. The maximum absolute atomic E-state index is 13.6. The van der Waals surface area contributed by atoms with Gasteiger partial charge in [-0.15, -0.1) is 0 Å². The number of amides is 2. The van der Waals surface area contributed by atoms with E-state index in [0.29, 0.717) is 33.2 Å². The molecule has 45 heavy (non-hydrogen) atoms. The lowest BCUT2D eigenvalue weighted by atomic mass is 10.1. The number of anilines is 4. The van der Waals surface area contributed by atoms with Crippen molar-refractivity contribution < 1.29 is 9.59 Å². The molecule has 0 atom stereocenters. The largest absolute Gasteiger partial charge is 0.382 e. The number of halogens is 1. The Balaban J connectivity index is 1.42. The van der Waals surface area contributed by atoms with Crippen LogP contribution in [0, 0.1) is 0 Å². The number of hydrogen-bond donors (Lipinski definition) is 3. The van der Waals surface area contributed by atoms with Gasteiger partial charge in [-0.2, -0.15) is 0 Å². The van der Waals surface area contributed by atoms with Gasteiger partial charge in [0.15, 0.2) is 0 Å². The molecule has 4 N–H and O–H groups in total. The van der Waals surface area contributed by atoms with Crippen molar-refractivity contribution in [1.29, 1.82) is 0 Å². The van der Waals surface area contributed by atoms with E-state index < -0.39 is 0 Å². The van der Waals surface area contributed by atoms with Gasteiger partial charge in [0.05, 0.1) is 18.4 Å². The van der Waals surface area contributed by atoms with Crippen LogP contribution in [0.3, 0.4) is 0 Å². The molecule has 0 aliphatic carbocycles. The first kappa shape index (κ1) is 30.9. The van der Waals surface area contributed by atoms with Crippen molar-refractivity contribution in [2.45, 2.75) is 26.3 Å². The van der Waals surface area contributed by atoms with Gasteiger partial charge in [-0.1, -0.05) is 61.3 Å². The van der Waals surface area contributed by atoms with Crippen molar-refractivity contribution in [3.05, 3.63) is 143 Å². The van der Waals surface area contributed by atoms with Crippen LogP contribution in [0.4, 0.5) is 22.9 Å². The second-order valence-electron chi connectivity index (χ2n) is 10.1. The fourth-order valence-electron chi connectivity index (χ4n) is 4.52. The number of para-hydroxylation sites is 1. The van der Waals surface area contributed by atoms with Gasteiger partial charge in [0.25, 0.3) is 11.8 Å². The van der Waals surface area contributed by atoms with Gasteiger partial charge in [-0.25, -0.2) is 9.98 Å². The van der Waals surface area contributed by atoms with E-state index >= 15 is 0 Å². The molecule has 226 valence electrons. The van der Waals surface area contributed by atoms with Crippen LogP contribution in [-0.4, -0.2) is 27.7 Å². The number of benzene rings is 4. The molecule has 1 aromatic heterocycles. The number of nitrogen functional groups attached to an aromatic ring is 1. The Bertz CT molecular complexity index is 1780. The summed E-state index contributed by atoms with van der Waals surface area (Å²) in [6.07, 6.45) is 3.35. The monoisotopic (exact) mass is 617 g/mol. The molecule has 0 saturated carbocycles. The molecule has 4 aromatic carbocycles. The number of hydrogen-bond acceptors (Lipinski definition) is 6. The Kier molecular flexibility index (Phi) is 10.1. The Morgan fingerprint density at radius 1 is 0.844 bits per heavy atom. The van der Waals surface area contributed by atoms with E-state index in [1.54, 1.807) is 47.5 Å². The average Bonchev–Trinajstić information content (AvgIpc) is 3.07. The smallest absolute Gasteiger partial charge is 0.262 e. The Morgan fingerprint density at radius 3 is 2.16 bits per heavy atom. The van der Waals surface area contributed by atoms with Gasteiger partial charge in [0, 0.05) is 33.2 Å². The number of carbonyl (C=O) groups excluding carboxylic acids is 2. The quantitative estimate of drug-likeness (QED) is 0.120. The molecule has 5 aromatic rings. The zero-order valence-corrected chi connectivity index (χ0v) is 25.4. The standard InChI is InChI=1S/C35H32ClN7O2/c1-2-9-28-22-38-32(37)31(40-28)23-39-35(42-33(44)24-14-16-26(36)17-15-24)41-27-18-20-30(21-19-27)43(29-12-7-4-8-13-29)34(45)25-10-5-3-6-11-25/h3-8,10-22H,2,9,23H2,1H3,(H2,37,38)(H2,39,41,42,44). The number of nitrogens with one attached hydrogen (secondary N) is 2. The van der Waals surface area contributed by atoms with Crippen LogP contribution in [0.5, 0.6) is 0 Å². The molecular formula is C35H32ClN7O2. The summed E-state index contributed by atoms with van der Waals surface area (Å²) < 4.78 is 0.